The van der Waals surface area contributed by atoms with Crippen molar-refractivity contribution >= 4 is 5.91 Å². The Kier molecular flexibility index (Phi) is 51.8. The maximum absolute atomic E-state index is 13.1. The molecule has 7 atom stereocenters. The minimum atomic E-state index is -1.56. The van der Waals surface area contributed by atoms with Crippen LogP contribution in [-0.4, -0.2) is 87.5 Å². The fourth-order valence-corrected chi connectivity index (χ4v) is 9.87. The van der Waals surface area contributed by atoms with Crippen LogP contribution < -0.4 is 5.32 Å². The van der Waals surface area contributed by atoms with E-state index in [1.54, 1.807) is 0 Å². The van der Waals surface area contributed by atoms with Gasteiger partial charge in [0.1, 0.15) is 24.4 Å². The number of unbranched alkanes of at least 4 members (excludes halogenated alkanes) is 32. The molecule has 0 bridgehead atoms. The number of aliphatic hydroxyl groups is 5. The van der Waals surface area contributed by atoms with Crippen LogP contribution in [0.3, 0.4) is 0 Å². The lowest BCUT2D eigenvalue weighted by atomic mass is 9.99. The van der Waals surface area contributed by atoms with Crippen LogP contribution in [0.15, 0.2) is 72.9 Å². The normalized spacial score (nSPS) is 19.4. The van der Waals surface area contributed by atoms with Crippen LogP contribution in [0.2, 0.25) is 0 Å². The third kappa shape index (κ3) is 44.2. The van der Waals surface area contributed by atoms with Gasteiger partial charge in [-0.2, -0.15) is 0 Å². The number of allylic oxidation sites excluding steroid dienone is 12. The highest BCUT2D eigenvalue weighted by Gasteiger charge is 2.44. The standard InChI is InChI=1S/C66H119NO8/c1-3-5-7-9-11-13-15-17-19-21-23-25-27-28-29-30-31-32-34-35-37-39-41-43-45-47-49-51-53-55-60(69)59(58-74-66-65(73)64(72)63(71)61(57-68)75-66)67-62(70)56-54-52-50-48-46-44-42-40-38-36-33-26-24-22-20-18-16-14-12-10-8-6-4-2/h6,8,12,14,18,20,24,26,36,38,42,44,59-61,63-66,68-69,71-73H,3-5,7,9-11,13,15-17,19,21-23,25,27-35,37,39-41,43,45-58H2,1-2H3,(H,67,70)/b8-6-,14-12-,20-18-,26-24-,38-36-,44-42-. The smallest absolute Gasteiger partial charge is 0.220 e. The first-order chi connectivity index (χ1) is 36.8. The summed E-state index contributed by atoms with van der Waals surface area (Å²) in [5, 5.41) is 54.8. The monoisotopic (exact) mass is 1050 g/mol. The number of aliphatic hydroxyl groups excluding tert-OH is 5. The molecule has 1 aliphatic rings. The highest BCUT2D eigenvalue weighted by atomic mass is 16.7. The van der Waals surface area contributed by atoms with Crippen molar-refractivity contribution in [3.63, 3.8) is 0 Å². The summed E-state index contributed by atoms with van der Waals surface area (Å²) in [6, 6.07) is -0.739. The van der Waals surface area contributed by atoms with Crippen molar-refractivity contribution in [2.45, 2.75) is 326 Å². The van der Waals surface area contributed by atoms with Crippen molar-refractivity contribution in [3.8, 4) is 0 Å². The summed E-state index contributed by atoms with van der Waals surface area (Å²) in [4.78, 5) is 13.1. The molecule has 1 aliphatic heterocycles. The molecule has 0 aromatic rings. The van der Waals surface area contributed by atoms with Crippen LogP contribution in [0.25, 0.3) is 0 Å². The Bertz CT molecular complexity index is 1410. The number of ether oxygens (including phenoxy) is 2. The first kappa shape index (κ1) is 70.6. The number of rotatable bonds is 54. The van der Waals surface area contributed by atoms with Gasteiger partial charge in [0.15, 0.2) is 6.29 Å². The Morgan fingerprint density at radius 1 is 0.467 bits per heavy atom. The van der Waals surface area contributed by atoms with Gasteiger partial charge in [0.2, 0.25) is 5.91 Å². The predicted octanol–water partition coefficient (Wildman–Crippen LogP) is 16.4. The maximum Gasteiger partial charge on any atom is 0.220 e. The molecule has 75 heavy (non-hydrogen) atoms. The van der Waals surface area contributed by atoms with Crippen LogP contribution in [0.4, 0.5) is 0 Å². The van der Waals surface area contributed by atoms with Crippen molar-refractivity contribution in [1.82, 2.24) is 5.32 Å². The Hall–Kier alpha value is -2.37. The second-order valence-corrected chi connectivity index (χ2v) is 21.8. The molecule has 1 saturated heterocycles. The molecule has 0 aliphatic carbocycles. The molecule has 0 radical (unpaired) electrons. The summed E-state index contributed by atoms with van der Waals surface area (Å²) in [6.45, 7) is 3.73. The number of nitrogens with one attached hydrogen (secondary N) is 1. The molecule has 9 nitrogen and oxygen atoms in total. The van der Waals surface area contributed by atoms with Crippen molar-refractivity contribution < 1.29 is 39.8 Å². The summed E-state index contributed by atoms with van der Waals surface area (Å²) in [5.41, 5.74) is 0. The van der Waals surface area contributed by atoms with Crippen LogP contribution in [0.1, 0.15) is 284 Å². The molecule has 0 aromatic heterocycles. The lowest BCUT2D eigenvalue weighted by Crippen LogP contribution is -2.60. The van der Waals surface area contributed by atoms with E-state index >= 15 is 0 Å². The summed E-state index contributed by atoms with van der Waals surface area (Å²) in [7, 11) is 0. The van der Waals surface area contributed by atoms with Gasteiger partial charge in [-0.15, -0.1) is 0 Å². The lowest BCUT2D eigenvalue weighted by Gasteiger charge is -2.40. The summed E-state index contributed by atoms with van der Waals surface area (Å²) in [6.07, 6.45) is 69.4. The molecular formula is C66H119NO8. The number of hydrogen-bond acceptors (Lipinski definition) is 8. The SMILES string of the molecule is CC/C=C\C/C=C\C/C=C\C/C=C\C/C=C\C/C=C\CCCCCCC(=O)NC(COC1OC(CO)C(O)C(O)C1O)C(O)CCCCCCCCCCCCCCCCCCCCCCCCCCCCCCC. The van der Waals surface area contributed by atoms with Crippen molar-refractivity contribution in [3.05, 3.63) is 72.9 Å². The zero-order valence-corrected chi connectivity index (χ0v) is 48.5. The molecular weight excluding hydrogens is 935 g/mol. The van der Waals surface area contributed by atoms with Gasteiger partial charge in [0.25, 0.3) is 0 Å². The van der Waals surface area contributed by atoms with E-state index in [2.05, 4.69) is 92.1 Å². The second kappa shape index (κ2) is 55.0. The van der Waals surface area contributed by atoms with Crippen LogP contribution in [0, 0.1) is 0 Å². The van der Waals surface area contributed by atoms with E-state index in [1.807, 2.05) is 0 Å². The Morgan fingerprint density at radius 3 is 1.23 bits per heavy atom. The molecule has 1 fully saturated rings. The van der Waals surface area contributed by atoms with E-state index in [4.69, 9.17) is 9.47 Å². The third-order valence-corrected chi connectivity index (χ3v) is 14.8. The van der Waals surface area contributed by atoms with E-state index in [0.29, 0.717) is 12.8 Å². The molecule has 6 N–H and O–H groups in total. The summed E-state index contributed by atoms with van der Waals surface area (Å²) >= 11 is 0. The fourth-order valence-electron chi connectivity index (χ4n) is 9.87. The Labute approximate surface area is 461 Å². The quantitative estimate of drug-likeness (QED) is 0.0261. The van der Waals surface area contributed by atoms with Gasteiger partial charge >= 0.3 is 0 Å². The average molecular weight is 1050 g/mol. The van der Waals surface area contributed by atoms with Gasteiger partial charge < -0.3 is 40.3 Å². The number of hydrogen-bond donors (Lipinski definition) is 6. The summed E-state index contributed by atoms with van der Waals surface area (Å²) in [5.74, 6) is -0.168. The number of carbonyl (C=O) groups is 1. The minimum absolute atomic E-state index is 0.152. The van der Waals surface area contributed by atoms with E-state index in [0.717, 1.165) is 89.9 Å². The van der Waals surface area contributed by atoms with E-state index in [9.17, 15) is 30.3 Å². The van der Waals surface area contributed by atoms with Gasteiger partial charge in [-0.3, -0.25) is 4.79 Å². The third-order valence-electron chi connectivity index (χ3n) is 14.8. The van der Waals surface area contributed by atoms with Gasteiger partial charge in [0.05, 0.1) is 25.4 Å². The molecule has 0 spiro atoms. The number of carbonyl (C=O) groups excluding carboxylic acids is 1. The topological polar surface area (TPSA) is 149 Å². The zero-order chi connectivity index (χ0) is 54.3. The van der Waals surface area contributed by atoms with Gasteiger partial charge in [-0.1, -0.05) is 286 Å². The minimum Gasteiger partial charge on any atom is -0.394 e. The van der Waals surface area contributed by atoms with Gasteiger partial charge in [-0.25, -0.2) is 0 Å². The molecule has 1 rings (SSSR count). The van der Waals surface area contributed by atoms with Crippen LogP contribution in [-0.2, 0) is 14.3 Å². The van der Waals surface area contributed by atoms with E-state index in [-0.39, 0.29) is 12.5 Å². The van der Waals surface area contributed by atoms with Crippen LogP contribution >= 0.6 is 0 Å². The zero-order valence-electron chi connectivity index (χ0n) is 48.5. The molecule has 436 valence electrons. The molecule has 0 saturated carbocycles. The fraction of sp³-hybridized carbons (Fsp3) is 0.803. The Balaban J connectivity index is 2.18. The largest absolute Gasteiger partial charge is 0.394 e. The van der Waals surface area contributed by atoms with Crippen molar-refractivity contribution in [2.75, 3.05) is 13.2 Å². The van der Waals surface area contributed by atoms with Gasteiger partial charge in [-0.05, 0) is 64.2 Å². The molecule has 1 heterocycles. The lowest BCUT2D eigenvalue weighted by molar-refractivity contribution is -0.302. The summed E-state index contributed by atoms with van der Waals surface area (Å²) < 4.78 is 11.3. The molecule has 1 amide bonds. The van der Waals surface area contributed by atoms with E-state index < -0.39 is 49.5 Å². The van der Waals surface area contributed by atoms with Crippen molar-refractivity contribution in [1.29, 1.82) is 0 Å². The predicted molar refractivity (Wildman–Crippen MR) is 318 cm³/mol. The molecule has 9 heteroatoms. The Morgan fingerprint density at radius 2 is 0.827 bits per heavy atom. The second-order valence-electron chi connectivity index (χ2n) is 21.8. The number of amides is 1. The maximum atomic E-state index is 13.1. The highest BCUT2D eigenvalue weighted by Crippen LogP contribution is 2.23. The average Bonchev–Trinajstić information content (AvgIpc) is 3.41. The molecule has 0 aromatic carbocycles. The molecule has 7 unspecified atom stereocenters. The van der Waals surface area contributed by atoms with E-state index in [1.165, 1.54) is 167 Å². The van der Waals surface area contributed by atoms with Crippen molar-refractivity contribution in [2.24, 2.45) is 0 Å². The van der Waals surface area contributed by atoms with Crippen LogP contribution in [0.5, 0.6) is 0 Å². The first-order valence-electron chi connectivity index (χ1n) is 31.6. The van der Waals surface area contributed by atoms with Gasteiger partial charge in [0, 0.05) is 6.42 Å². The highest BCUT2D eigenvalue weighted by molar-refractivity contribution is 5.76. The first-order valence-corrected chi connectivity index (χ1v) is 31.6.